The van der Waals surface area contributed by atoms with E-state index in [2.05, 4.69) is 29.1 Å². The smallest absolute Gasteiger partial charge is 0.130 e. The van der Waals surface area contributed by atoms with E-state index in [1.165, 1.54) is 0 Å². The zero-order chi connectivity index (χ0) is 12.9. The number of aromatic nitrogens is 2. The Morgan fingerprint density at radius 1 is 1.35 bits per heavy atom. The molecule has 4 nitrogen and oxygen atoms in total. The van der Waals surface area contributed by atoms with E-state index in [-0.39, 0.29) is 12.0 Å². The van der Waals surface area contributed by atoms with Crippen molar-refractivity contribution >= 4 is 5.82 Å². The van der Waals surface area contributed by atoms with Crippen LogP contribution in [0.2, 0.25) is 0 Å². The number of nitrogens with one attached hydrogen (secondary N) is 1. The van der Waals surface area contributed by atoms with Crippen molar-refractivity contribution in [2.75, 3.05) is 18.5 Å². The van der Waals surface area contributed by atoms with Gasteiger partial charge in [0.2, 0.25) is 0 Å². The summed E-state index contributed by atoms with van der Waals surface area (Å²) >= 11 is 0. The highest BCUT2D eigenvalue weighted by atomic mass is 16.3. The first kappa shape index (κ1) is 13.9. The van der Waals surface area contributed by atoms with Crippen molar-refractivity contribution in [3.05, 3.63) is 17.6 Å². The Kier molecular flexibility index (Phi) is 4.87. The minimum atomic E-state index is 0.0694. The molecule has 1 heterocycles. The first-order valence-corrected chi connectivity index (χ1v) is 6.16. The second kappa shape index (κ2) is 5.96. The zero-order valence-corrected chi connectivity index (χ0v) is 11.2. The van der Waals surface area contributed by atoms with Crippen LogP contribution in [0, 0.1) is 12.3 Å². The Morgan fingerprint density at radius 2 is 2.06 bits per heavy atom. The van der Waals surface area contributed by atoms with Crippen LogP contribution in [-0.4, -0.2) is 28.2 Å². The molecule has 0 bridgehead atoms. The van der Waals surface area contributed by atoms with Crippen molar-refractivity contribution in [1.82, 2.24) is 9.97 Å². The fraction of sp³-hybridized carbons (Fsp3) is 0.692. The molecule has 0 unspecified atom stereocenters. The van der Waals surface area contributed by atoms with Gasteiger partial charge in [-0.2, -0.15) is 0 Å². The van der Waals surface area contributed by atoms with Gasteiger partial charge >= 0.3 is 0 Å². The predicted octanol–water partition coefficient (Wildman–Crippen LogP) is 2.17. The molecular formula is C13H23N3O. The summed E-state index contributed by atoms with van der Waals surface area (Å²) in [4.78, 5) is 8.77. The summed E-state index contributed by atoms with van der Waals surface area (Å²) in [6, 6.07) is 1.95. The van der Waals surface area contributed by atoms with Crippen molar-refractivity contribution in [3.63, 3.8) is 0 Å². The van der Waals surface area contributed by atoms with Crippen molar-refractivity contribution < 1.29 is 5.11 Å². The van der Waals surface area contributed by atoms with Crippen LogP contribution < -0.4 is 5.32 Å². The van der Waals surface area contributed by atoms with Crippen molar-refractivity contribution in [1.29, 1.82) is 0 Å². The van der Waals surface area contributed by atoms with Gasteiger partial charge < -0.3 is 10.4 Å². The van der Waals surface area contributed by atoms with Gasteiger partial charge in [0.1, 0.15) is 11.6 Å². The largest absolute Gasteiger partial charge is 0.396 e. The molecule has 2 N–H and O–H groups in total. The highest BCUT2D eigenvalue weighted by Crippen LogP contribution is 2.20. The maximum atomic E-state index is 8.97. The van der Waals surface area contributed by atoms with Gasteiger partial charge in [0.15, 0.2) is 0 Å². The SMILES string of the molecule is CCc1nc(C)cc(NCC(C)(C)CCO)n1. The van der Waals surface area contributed by atoms with Gasteiger partial charge in [0.25, 0.3) is 0 Å². The molecule has 0 spiro atoms. The number of hydrogen-bond donors (Lipinski definition) is 2. The number of rotatable bonds is 6. The highest BCUT2D eigenvalue weighted by molar-refractivity contribution is 5.36. The molecule has 0 aromatic carbocycles. The number of nitrogens with zero attached hydrogens (tertiary/aromatic N) is 2. The molecule has 0 radical (unpaired) electrons. The molecule has 0 aliphatic rings. The van der Waals surface area contributed by atoms with Crippen LogP contribution in [0.15, 0.2) is 6.07 Å². The second-order valence-electron chi connectivity index (χ2n) is 5.16. The summed E-state index contributed by atoms with van der Waals surface area (Å²) in [5, 5.41) is 12.3. The minimum absolute atomic E-state index is 0.0694. The van der Waals surface area contributed by atoms with Gasteiger partial charge in [-0.15, -0.1) is 0 Å². The van der Waals surface area contributed by atoms with E-state index in [4.69, 9.17) is 5.11 Å². The number of aryl methyl sites for hydroxylation is 2. The fourth-order valence-corrected chi connectivity index (χ4v) is 1.60. The number of aliphatic hydroxyl groups excluding tert-OH is 1. The molecule has 4 heteroatoms. The molecule has 96 valence electrons. The lowest BCUT2D eigenvalue weighted by Gasteiger charge is -2.24. The first-order valence-electron chi connectivity index (χ1n) is 6.16. The highest BCUT2D eigenvalue weighted by Gasteiger charge is 2.17. The van der Waals surface area contributed by atoms with E-state index in [1.54, 1.807) is 0 Å². The van der Waals surface area contributed by atoms with Gasteiger partial charge in [0.05, 0.1) is 0 Å². The van der Waals surface area contributed by atoms with Crippen LogP contribution in [-0.2, 0) is 6.42 Å². The first-order chi connectivity index (χ1) is 7.96. The van der Waals surface area contributed by atoms with Gasteiger partial charge in [-0.05, 0) is 18.8 Å². The number of aliphatic hydroxyl groups is 1. The Labute approximate surface area is 103 Å². The zero-order valence-electron chi connectivity index (χ0n) is 11.2. The number of anilines is 1. The molecular weight excluding hydrogens is 214 g/mol. The fourth-order valence-electron chi connectivity index (χ4n) is 1.60. The molecule has 0 amide bonds. The molecule has 0 saturated heterocycles. The lowest BCUT2D eigenvalue weighted by atomic mass is 9.90. The topological polar surface area (TPSA) is 58.0 Å². The lowest BCUT2D eigenvalue weighted by molar-refractivity contribution is 0.220. The van der Waals surface area contributed by atoms with Gasteiger partial charge in [0, 0.05) is 31.3 Å². The lowest BCUT2D eigenvalue weighted by Crippen LogP contribution is -2.24. The summed E-state index contributed by atoms with van der Waals surface area (Å²) in [7, 11) is 0. The van der Waals surface area contributed by atoms with Crippen LogP contribution >= 0.6 is 0 Å². The van der Waals surface area contributed by atoms with Gasteiger partial charge in [-0.3, -0.25) is 0 Å². The summed E-state index contributed by atoms with van der Waals surface area (Å²) in [6.07, 6.45) is 1.63. The molecule has 0 atom stereocenters. The second-order valence-corrected chi connectivity index (χ2v) is 5.16. The molecule has 0 aliphatic heterocycles. The molecule has 1 aromatic heterocycles. The van der Waals surface area contributed by atoms with E-state index in [0.717, 1.165) is 36.7 Å². The average molecular weight is 237 g/mol. The third-order valence-corrected chi connectivity index (χ3v) is 2.75. The van der Waals surface area contributed by atoms with E-state index < -0.39 is 0 Å². The monoisotopic (exact) mass is 237 g/mol. The van der Waals surface area contributed by atoms with Crippen LogP contribution in [0.1, 0.15) is 38.7 Å². The predicted molar refractivity (Wildman–Crippen MR) is 70.1 cm³/mol. The van der Waals surface area contributed by atoms with Crippen molar-refractivity contribution in [2.45, 2.75) is 40.5 Å². The van der Waals surface area contributed by atoms with E-state index >= 15 is 0 Å². The Hall–Kier alpha value is -1.16. The normalized spacial score (nSPS) is 11.6. The molecule has 1 rings (SSSR count). The molecule has 1 aromatic rings. The third kappa shape index (κ3) is 4.69. The van der Waals surface area contributed by atoms with Gasteiger partial charge in [-0.1, -0.05) is 20.8 Å². The molecule has 0 aliphatic carbocycles. The Balaban J connectivity index is 2.65. The Morgan fingerprint density at radius 3 is 2.65 bits per heavy atom. The van der Waals surface area contributed by atoms with E-state index in [9.17, 15) is 0 Å². The minimum Gasteiger partial charge on any atom is -0.396 e. The van der Waals surface area contributed by atoms with E-state index in [0.29, 0.717) is 0 Å². The van der Waals surface area contributed by atoms with Crippen LogP contribution in [0.4, 0.5) is 5.82 Å². The molecule has 0 saturated carbocycles. The number of hydrogen-bond acceptors (Lipinski definition) is 4. The quantitative estimate of drug-likeness (QED) is 0.796. The van der Waals surface area contributed by atoms with Crippen LogP contribution in [0.25, 0.3) is 0 Å². The van der Waals surface area contributed by atoms with Crippen LogP contribution in [0.3, 0.4) is 0 Å². The summed E-state index contributed by atoms with van der Waals surface area (Å²) < 4.78 is 0. The maximum absolute atomic E-state index is 8.97. The summed E-state index contributed by atoms with van der Waals surface area (Å²) in [5.41, 5.74) is 1.05. The van der Waals surface area contributed by atoms with Crippen molar-refractivity contribution in [2.24, 2.45) is 5.41 Å². The standard InChI is InChI=1S/C13H23N3O/c1-5-11-15-10(2)8-12(16-11)14-9-13(3,4)6-7-17/h8,17H,5-7,9H2,1-4H3,(H,14,15,16). The van der Waals surface area contributed by atoms with Crippen LogP contribution in [0.5, 0.6) is 0 Å². The average Bonchev–Trinajstić information content (AvgIpc) is 2.26. The molecule has 17 heavy (non-hydrogen) atoms. The maximum Gasteiger partial charge on any atom is 0.130 e. The van der Waals surface area contributed by atoms with E-state index in [1.807, 2.05) is 19.9 Å². The van der Waals surface area contributed by atoms with Gasteiger partial charge in [-0.25, -0.2) is 9.97 Å². The van der Waals surface area contributed by atoms with Crippen molar-refractivity contribution in [3.8, 4) is 0 Å². The summed E-state index contributed by atoms with van der Waals surface area (Å²) in [5.74, 6) is 1.74. The third-order valence-electron chi connectivity index (χ3n) is 2.75. The molecule has 0 fully saturated rings. The Bertz CT molecular complexity index is 364. The summed E-state index contributed by atoms with van der Waals surface area (Å²) in [6.45, 7) is 9.31.